The van der Waals surface area contributed by atoms with Gasteiger partial charge in [-0.15, -0.1) is 0 Å². The predicted octanol–water partition coefficient (Wildman–Crippen LogP) is 1.07. The number of carbonyl (C=O) groups excluding carboxylic acids is 2. The van der Waals surface area contributed by atoms with Crippen LogP contribution in [0.15, 0.2) is 4.99 Å². The first-order chi connectivity index (χ1) is 12.3. The van der Waals surface area contributed by atoms with Gasteiger partial charge >= 0.3 is 17.9 Å². The van der Waals surface area contributed by atoms with E-state index in [1.54, 1.807) is 0 Å². The Labute approximate surface area is 150 Å². The summed E-state index contributed by atoms with van der Waals surface area (Å²) in [5, 5.41) is 9.06. The summed E-state index contributed by atoms with van der Waals surface area (Å²) in [6.07, 6.45) is 4.49. The first-order valence-corrected chi connectivity index (χ1v) is 8.85. The second-order valence-corrected chi connectivity index (χ2v) is 7.18. The highest BCUT2D eigenvalue weighted by Crippen LogP contribution is 2.38. The maximum Gasteiger partial charge on any atom is 0.402 e. The van der Waals surface area contributed by atoms with Crippen molar-refractivity contribution in [3.63, 3.8) is 0 Å². The molecule has 1 unspecified atom stereocenters. The number of aromatic nitrogens is 2. The van der Waals surface area contributed by atoms with Gasteiger partial charge in [-0.25, -0.2) is 18.8 Å². The number of nitrogens with zero attached hydrogens (tertiary/aromatic N) is 5. The van der Waals surface area contributed by atoms with Gasteiger partial charge in [-0.1, -0.05) is 4.99 Å². The molecule has 1 aromatic rings. The van der Waals surface area contributed by atoms with Gasteiger partial charge in [-0.05, 0) is 39.5 Å². The zero-order chi connectivity index (χ0) is 18.7. The fraction of sp³-hybridized carbons (Fsp3) is 0.588. The molecule has 1 aromatic heterocycles. The molecule has 9 heteroatoms. The Morgan fingerprint density at radius 1 is 1.27 bits per heavy atom. The second kappa shape index (κ2) is 5.65. The lowest BCUT2D eigenvalue weighted by Crippen LogP contribution is -2.64. The third kappa shape index (κ3) is 2.12. The Morgan fingerprint density at radius 2 is 1.92 bits per heavy atom. The number of hydrogen-bond donors (Lipinski definition) is 1. The Bertz CT molecular complexity index is 865. The van der Waals surface area contributed by atoms with E-state index in [4.69, 9.17) is 5.11 Å². The molecule has 0 spiro atoms. The molecule has 2 fully saturated rings. The Morgan fingerprint density at radius 3 is 2.54 bits per heavy atom. The van der Waals surface area contributed by atoms with Gasteiger partial charge in [0.05, 0.1) is 6.04 Å². The molecule has 1 saturated carbocycles. The van der Waals surface area contributed by atoms with Crippen LogP contribution in [0.2, 0.25) is 0 Å². The number of aliphatic carboxylic acids is 1. The summed E-state index contributed by atoms with van der Waals surface area (Å²) in [5.74, 6) is -0.714. The largest absolute Gasteiger partial charge is 0.480 e. The topological polar surface area (TPSA) is 99.1 Å². The van der Waals surface area contributed by atoms with Gasteiger partial charge in [0.2, 0.25) is 11.9 Å². The van der Waals surface area contributed by atoms with Crippen LogP contribution in [0.5, 0.6) is 0 Å². The maximum absolute atomic E-state index is 13.0. The zero-order valence-electron chi connectivity index (χ0n) is 15.1. The molecule has 3 aliphatic rings. The minimum absolute atomic E-state index is 0.348. The molecule has 138 valence electrons. The molecule has 4 rings (SSSR count). The van der Waals surface area contributed by atoms with Crippen LogP contribution in [0.3, 0.4) is 0 Å². The van der Waals surface area contributed by atoms with Crippen LogP contribution in [0, 0.1) is 13.8 Å². The van der Waals surface area contributed by atoms with Gasteiger partial charge in [0.25, 0.3) is 5.91 Å². The fourth-order valence-corrected chi connectivity index (χ4v) is 4.34. The van der Waals surface area contributed by atoms with E-state index in [0.717, 1.165) is 29.1 Å². The van der Waals surface area contributed by atoms with E-state index in [0.29, 0.717) is 17.8 Å². The Balaban J connectivity index is 1.84. The number of hydrogen-bond acceptors (Lipinski definition) is 4. The minimum Gasteiger partial charge on any atom is -0.480 e. The van der Waals surface area contributed by atoms with E-state index in [9.17, 15) is 14.4 Å². The summed E-state index contributed by atoms with van der Waals surface area (Å²) < 4.78 is 4.03. The highest BCUT2D eigenvalue weighted by Gasteiger charge is 2.55. The molecule has 0 bridgehead atoms. The molecule has 1 N–H and O–H groups in total. The van der Waals surface area contributed by atoms with Gasteiger partial charge in [-0.3, -0.25) is 14.5 Å². The number of aliphatic imine (C=N–C) groups is 1. The number of imidazole rings is 1. The van der Waals surface area contributed by atoms with Crippen LogP contribution in [-0.2, 0) is 9.59 Å². The number of carboxylic acids is 1. The third-order valence-corrected chi connectivity index (χ3v) is 5.74. The van der Waals surface area contributed by atoms with Gasteiger partial charge in [0.1, 0.15) is 17.9 Å². The lowest BCUT2D eigenvalue weighted by atomic mass is 10.1. The number of urea groups is 1. The molecule has 1 saturated heterocycles. The van der Waals surface area contributed by atoms with Crippen molar-refractivity contribution in [1.29, 1.82) is 0 Å². The molecule has 0 radical (unpaired) electrons. The van der Waals surface area contributed by atoms with Crippen LogP contribution < -0.4 is 4.57 Å². The number of amides is 3. The molecule has 1 aliphatic carbocycles. The number of rotatable bonds is 3. The van der Waals surface area contributed by atoms with Crippen LogP contribution in [0.4, 0.5) is 10.7 Å². The molecule has 2 aliphatic heterocycles. The first-order valence-electron chi connectivity index (χ1n) is 8.85. The summed E-state index contributed by atoms with van der Waals surface area (Å²) in [6, 6.07) is -1.09. The van der Waals surface area contributed by atoms with Crippen molar-refractivity contribution in [3.05, 3.63) is 11.4 Å². The molecule has 1 atom stereocenters. The normalized spacial score (nSPS) is 22.7. The molecule has 26 heavy (non-hydrogen) atoms. The average Bonchev–Trinajstić information content (AvgIpc) is 3.28. The zero-order valence-corrected chi connectivity index (χ0v) is 15.1. The van der Waals surface area contributed by atoms with E-state index in [1.165, 1.54) is 24.8 Å². The molecule has 9 nitrogen and oxygen atoms in total. The molecule has 0 aromatic carbocycles. The first kappa shape index (κ1) is 16.7. The van der Waals surface area contributed by atoms with Gasteiger partial charge < -0.3 is 5.11 Å². The van der Waals surface area contributed by atoms with Crippen molar-refractivity contribution in [2.24, 2.45) is 4.99 Å². The van der Waals surface area contributed by atoms with Gasteiger partial charge in [0, 0.05) is 7.05 Å². The van der Waals surface area contributed by atoms with Crippen molar-refractivity contribution in [3.8, 4) is 0 Å². The fourth-order valence-electron chi connectivity index (χ4n) is 4.34. The van der Waals surface area contributed by atoms with E-state index >= 15 is 0 Å². The highest BCUT2D eigenvalue weighted by atomic mass is 16.4. The molecule has 3 amide bonds. The number of carboxylic acid groups (broad SMARTS) is 1. The summed E-state index contributed by atoms with van der Waals surface area (Å²) in [7, 11) is 1.53. The number of likely N-dealkylation sites (N-methyl/N-ethyl adjacent to an activating group) is 1. The number of imide groups is 1. The lowest BCUT2D eigenvalue weighted by molar-refractivity contribution is -0.683. The Hall–Kier alpha value is -2.71. The standard InChI is InChI=1S/C17H21N5O4/c1-9-10(2)22-13-14(18-16(22)21(9)11-6-4-5-7-11)19(3)17(26)20(15(13)25)8-12(23)24/h11,13H,4-8H2,1-3H3/p+1. The SMILES string of the molecule is Cc1c(C)[n+]2c(n1C1CCCC1)N=C1C2C(=O)N(CC(=O)O)C(=O)N1C. The van der Waals surface area contributed by atoms with Crippen molar-refractivity contribution in [2.45, 2.75) is 51.6 Å². The number of fused-ring (bicyclic) bond motifs is 3. The summed E-state index contributed by atoms with van der Waals surface area (Å²) >= 11 is 0. The third-order valence-electron chi connectivity index (χ3n) is 5.74. The molecular weight excluding hydrogens is 338 g/mol. The Kier molecular flexibility index (Phi) is 3.64. The van der Waals surface area contributed by atoms with Crippen molar-refractivity contribution in [1.82, 2.24) is 14.4 Å². The summed E-state index contributed by atoms with van der Waals surface area (Å²) in [4.78, 5) is 43.2. The van der Waals surface area contributed by atoms with Crippen molar-refractivity contribution < 1.29 is 24.1 Å². The molecule has 3 heterocycles. The van der Waals surface area contributed by atoms with E-state index < -0.39 is 30.5 Å². The van der Waals surface area contributed by atoms with E-state index in [2.05, 4.69) is 9.56 Å². The summed E-state index contributed by atoms with van der Waals surface area (Å²) in [5.41, 5.74) is 1.98. The van der Waals surface area contributed by atoms with Crippen molar-refractivity contribution >= 4 is 29.7 Å². The van der Waals surface area contributed by atoms with Crippen molar-refractivity contribution in [2.75, 3.05) is 13.6 Å². The van der Waals surface area contributed by atoms with Gasteiger partial charge in [-0.2, -0.15) is 0 Å². The van der Waals surface area contributed by atoms with Crippen LogP contribution in [0.1, 0.15) is 49.2 Å². The maximum atomic E-state index is 13.0. The van der Waals surface area contributed by atoms with E-state index in [-0.39, 0.29) is 0 Å². The smallest absolute Gasteiger partial charge is 0.402 e. The highest BCUT2D eigenvalue weighted by molar-refractivity contribution is 6.19. The van der Waals surface area contributed by atoms with Gasteiger partial charge in [0.15, 0.2) is 0 Å². The average molecular weight is 360 g/mol. The van der Waals surface area contributed by atoms with Crippen LogP contribution in [-0.4, -0.2) is 56.8 Å². The molecular formula is C17H22N5O4+. The lowest BCUT2D eigenvalue weighted by Gasteiger charge is -2.32. The number of amidine groups is 1. The van der Waals surface area contributed by atoms with Crippen LogP contribution >= 0.6 is 0 Å². The van der Waals surface area contributed by atoms with Crippen LogP contribution in [0.25, 0.3) is 0 Å². The second-order valence-electron chi connectivity index (χ2n) is 7.18. The predicted molar refractivity (Wildman–Crippen MR) is 90.2 cm³/mol. The monoisotopic (exact) mass is 360 g/mol. The summed E-state index contributed by atoms with van der Waals surface area (Å²) in [6.45, 7) is 3.31. The minimum atomic E-state index is -1.22. The quantitative estimate of drug-likeness (QED) is 0.815. The van der Waals surface area contributed by atoms with E-state index in [1.807, 2.05) is 18.4 Å². The number of carbonyl (C=O) groups is 3.